The minimum atomic E-state index is 0.283. The molecule has 0 atom stereocenters. The summed E-state index contributed by atoms with van der Waals surface area (Å²) < 4.78 is 0. The van der Waals surface area contributed by atoms with Crippen LogP contribution in [0.2, 0.25) is 35.2 Å². The van der Waals surface area contributed by atoms with E-state index in [9.17, 15) is 0 Å². The molecule has 0 fully saturated rings. The summed E-state index contributed by atoms with van der Waals surface area (Å²) in [6, 6.07) is 8.44. The second-order valence-corrected chi connectivity index (χ2v) is 7.85. The van der Waals surface area contributed by atoms with Crippen LogP contribution >= 0.6 is 81.2 Å². The van der Waals surface area contributed by atoms with E-state index in [0.717, 1.165) is 11.1 Å². The highest BCUT2D eigenvalue weighted by atomic mass is 35.5. The number of rotatable bonds is 2. The first kappa shape index (κ1) is 19.4. The SMILES string of the molecule is Clc1cc(-c2cc(Cl)c(Cl)c(Cl)c2)cnc1-c1cc(Cl)c(Cl)c(Cl)c1. The van der Waals surface area contributed by atoms with Crippen LogP contribution in [0.3, 0.4) is 0 Å². The number of nitrogens with zero attached hydrogens (tertiary/aromatic N) is 1. The van der Waals surface area contributed by atoms with Crippen molar-refractivity contribution in [3.8, 4) is 22.4 Å². The Balaban J connectivity index is 2.08. The molecule has 0 saturated carbocycles. The third kappa shape index (κ3) is 3.99. The molecule has 0 aliphatic heterocycles. The normalized spacial score (nSPS) is 11.0. The van der Waals surface area contributed by atoms with Gasteiger partial charge in [0.25, 0.3) is 0 Å². The first-order chi connectivity index (χ1) is 11.8. The molecule has 3 rings (SSSR count). The Bertz CT molecular complexity index is 939. The van der Waals surface area contributed by atoms with Crippen LogP contribution in [-0.2, 0) is 0 Å². The fraction of sp³-hybridized carbons (Fsp3) is 0. The van der Waals surface area contributed by atoms with Gasteiger partial charge in [0.05, 0.1) is 40.9 Å². The predicted molar refractivity (Wildman–Crippen MR) is 110 cm³/mol. The van der Waals surface area contributed by atoms with Gasteiger partial charge in [0.15, 0.2) is 0 Å². The lowest BCUT2D eigenvalue weighted by atomic mass is 10.1. The van der Waals surface area contributed by atoms with Crippen molar-refractivity contribution in [1.29, 1.82) is 0 Å². The van der Waals surface area contributed by atoms with Crippen LogP contribution in [0.25, 0.3) is 22.4 Å². The molecule has 0 bridgehead atoms. The highest BCUT2D eigenvalue weighted by Crippen LogP contribution is 2.39. The Hall–Kier alpha value is -0.380. The minimum absolute atomic E-state index is 0.283. The van der Waals surface area contributed by atoms with E-state index in [1.165, 1.54) is 0 Å². The highest BCUT2D eigenvalue weighted by Gasteiger charge is 2.14. The molecule has 0 unspecified atom stereocenters. The molecule has 128 valence electrons. The van der Waals surface area contributed by atoms with Gasteiger partial charge in [-0.15, -0.1) is 0 Å². The van der Waals surface area contributed by atoms with Crippen LogP contribution in [0, 0.1) is 0 Å². The van der Waals surface area contributed by atoms with Gasteiger partial charge in [0.1, 0.15) is 0 Å². The number of hydrogen-bond acceptors (Lipinski definition) is 1. The van der Waals surface area contributed by atoms with Gasteiger partial charge in [-0.1, -0.05) is 81.2 Å². The van der Waals surface area contributed by atoms with Crippen LogP contribution in [-0.4, -0.2) is 4.98 Å². The van der Waals surface area contributed by atoms with Gasteiger partial charge in [0, 0.05) is 17.3 Å². The van der Waals surface area contributed by atoms with Crippen LogP contribution in [0.15, 0.2) is 36.5 Å². The molecule has 0 amide bonds. The van der Waals surface area contributed by atoms with Crippen molar-refractivity contribution < 1.29 is 0 Å². The summed E-state index contributed by atoms with van der Waals surface area (Å²) in [5.41, 5.74) is 2.66. The fourth-order valence-electron chi connectivity index (χ4n) is 2.22. The minimum Gasteiger partial charge on any atom is -0.254 e. The van der Waals surface area contributed by atoms with E-state index in [0.29, 0.717) is 41.4 Å². The van der Waals surface area contributed by atoms with E-state index in [1.54, 1.807) is 36.5 Å². The Kier molecular flexibility index (Phi) is 5.97. The average molecular weight is 472 g/mol. The van der Waals surface area contributed by atoms with Crippen LogP contribution in [0.1, 0.15) is 0 Å². The lowest BCUT2D eigenvalue weighted by molar-refractivity contribution is 1.32. The third-order valence-electron chi connectivity index (χ3n) is 3.42. The maximum absolute atomic E-state index is 6.40. The van der Waals surface area contributed by atoms with E-state index >= 15 is 0 Å². The first-order valence-corrected chi connectivity index (χ1v) is 9.38. The quantitative estimate of drug-likeness (QED) is 0.339. The van der Waals surface area contributed by atoms with Gasteiger partial charge in [-0.25, -0.2) is 0 Å². The molecule has 0 aliphatic rings. The van der Waals surface area contributed by atoms with Gasteiger partial charge in [-0.2, -0.15) is 0 Å². The summed E-state index contributed by atoms with van der Waals surface area (Å²) in [4.78, 5) is 4.41. The summed E-state index contributed by atoms with van der Waals surface area (Å²) in [6.45, 7) is 0. The van der Waals surface area contributed by atoms with Gasteiger partial charge < -0.3 is 0 Å². The first-order valence-electron chi connectivity index (χ1n) is 6.73. The zero-order valence-electron chi connectivity index (χ0n) is 12.1. The molecule has 0 saturated heterocycles. The van der Waals surface area contributed by atoms with Gasteiger partial charge >= 0.3 is 0 Å². The molecule has 0 N–H and O–H groups in total. The summed E-state index contributed by atoms with van der Waals surface area (Å²) >= 11 is 42.6. The molecular formula is C17H6Cl7N. The van der Waals surface area contributed by atoms with Crippen molar-refractivity contribution in [3.05, 3.63) is 71.7 Å². The van der Waals surface area contributed by atoms with Crippen molar-refractivity contribution >= 4 is 81.2 Å². The summed E-state index contributed by atoms with van der Waals surface area (Å²) in [5.74, 6) is 0. The number of hydrogen-bond donors (Lipinski definition) is 0. The second-order valence-electron chi connectivity index (χ2n) is 5.06. The molecule has 0 aliphatic carbocycles. The Labute approximate surface area is 179 Å². The van der Waals surface area contributed by atoms with E-state index < -0.39 is 0 Å². The van der Waals surface area contributed by atoms with Gasteiger partial charge in [-0.3, -0.25) is 4.98 Å². The van der Waals surface area contributed by atoms with Crippen molar-refractivity contribution in [2.24, 2.45) is 0 Å². The van der Waals surface area contributed by atoms with Crippen molar-refractivity contribution in [1.82, 2.24) is 4.98 Å². The zero-order chi connectivity index (χ0) is 18.3. The molecular weight excluding hydrogens is 466 g/mol. The lowest BCUT2D eigenvalue weighted by Crippen LogP contribution is -1.89. The summed E-state index contributed by atoms with van der Waals surface area (Å²) in [7, 11) is 0. The van der Waals surface area contributed by atoms with E-state index in [-0.39, 0.29) is 5.02 Å². The van der Waals surface area contributed by atoms with Crippen LogP contribution in [0.5, 0.6) is 0 Å². The molecule has 2 aromatic carbocycles. The van der Waals surface area contributed by atoms with Crippen molar-refractivity contribution in [3.63, 3.8) is 0 Å². The Morgan fingerprint density at radius 2 is 0.880 bits per heavy atom. The van der Waals surface area contributed by atoms with Crippen molar-refractivity contribution in [2.75, 3.05) is 0 Å². The average Bonchev–Trinajstić information content (AvgIpc) is 2.56. The van der Waals surface area contributed by atoms with E-state index in [4.69, 9.17) is 81.2 Å². The standard InChI is InChI=1S/C17H6Cl7N/c18-10-1-7(2-11(19)15(10)23)9-5-14(22)17(25-6-9)8-3-12(20)16(24)13(21)4-8/h1-6H. The van der Waals surface area contributed by atoms with E-state index in [1.807, 2.05) is 0 Å². The second kappa shape index (κ2) is 7.70. The molecule has 1 nitrogen and oxygen atoms in total. The van der Waals surface area contributed by atoms with E-state index in [2.05, 4.69) is 4.98 Å². The molecule has 3 aromatic rings. The fourth-order valence-corrected chi connectivity index (χ4v) is 3.69. The Morgan fingerprint density at radius 3 is 1.32 bits per heavy atom. The molecule has 1 heterocycles. The predicted octanol–water partition coefficient (Wildman–Crippen LogP) is 8.99. The maximum atomic E-state index is 6.40. The summed E-state index contributed by atoms with van der Waals surface area (Å²) in [6.07, 6.45) is 1.65. The third-order valence-corrected chi connectivity index (χ3v) is 6.10. The monoisotopic (exact) mass is 469 g/mol. The maximum Gasteiger partial charge on any atom is 0.0889 e. The number of halogens is 7. The number of benzene rings is 2. The molecule has 8 heteroatoms. The number of pyridine rings is 1. The molecule has 1 aromatic heterocycles. The Morgan fingerprint density at radius 1 is 0.480 bits per heavy atom. The van der Waals surface area contributed by atoms with Gasteiger partial charge in [-0.05, 0) is 35.9 Å². The van der Waals surface area contributed by atoms with Gasteiger partial charge in [0.2, 0.25) is 0 Å². The zero-order valence-corrected chi connectivity index (χ0v) is 17.3. The smallest absolute Gasteiger partial charge is 0.0889 e. The lowest BCUT2D eigenvalue weighted by Gasteiger charge is -2.10. The van der Waals surface area contributed by atoms with Crippen LogP contribution < -0.4 is 0 Å². The molecule has 0 radical (unpaired) electrons. The van der Waals surface area contributed by atoms with Crippen LogP contribution in [0.4, 0.5) is 0 Å². The molecule has 25 heavy (non-hydrogen) atoms. The topological polar surface area (TPSA) is 12.9 Å². The highest BCUT2D eigenvalue weighted by molar-refractivity contribution is 6.49. The largest absolute Gasteiger partial charge is 0.254 e. The summed E-state index contributed by atoms with van der Waals surface area (Å²) in [5, 5.41) is 2.33. The molecule has 0 spiro atoms. The number of aromatic nitrogens is 1. The van der Waals surface area contributed by atoms with Crippen molar-refractivity contribution in [2.45, 2.75) is 0 Å².